The molecule has 0 unspecified atom stereocenters. The Morgan fingerprint density at radius 2 is 1.59 bits per heavy atom. The fraction of sp³-hybridized carbons (Fsp3) is 0.500. The van der Waals surface area contributed by atoms with Gasteiger partial charge < -0.3 is 9.84 Å². The molecule has 0 bridgehead atoms. The Morgan fingerprint density at radius 1 is 0.959 bits per heavy atom. The smallest absolute Gasteiger partial charge is 0.164 e. The maximum atomic E-state index is 12.0. The van der Waals surface area contributed by atoms with Crippen LogP contribution < -0.4 is 4.74 Å². The van der Waals surface area contributed by atoms with Crippen LogP contribution in [0.5, 0.6) is 11.5 Å². The third kappa shape index (κ3) is 9.41. The first-order valence-electron chi connectivity index (χ1n) is 18.4. The summed E-state index contributed by atoms with van der Waals surface area (Å²) in [5.41, 5.74) is 5.25. The van der Waals surface area contributed by atoms with Crippen LogP contribution in [0.25, 0.3) is 32.8 Å². The molecule has 1 radical (unpaired) electrons. The number of aryl methyl sites for hydroxylation is 1. The Hall–Kier alpha value is -3.01. The van der Waals surface area contributed by atoms with Gasteiger partial charge in [0.1, 0.15) is 5.75 Å². The van der Waals surface area contributed by atoms with E-state index in [1.807, 2.05) is 40.7 Å². The first kappa shape index (κ1) is 38.8. The molecule has 0 saturated heterocycles. The number of carbonyl (C=O) groups is 1. The Kier molecular flexibility index (Phi) is 12.6. The quantitative estimate of drug-likeness (QED) is 0.0912. The summed E-state index contributed by atoms with van der Waals surface area (Å²) in [6, 6.07) is 16.4. The van der Waals surface area contributed by atoms with Crippen LogP contribution in [0.4, 0.5) is 0 Å². The Morgan fingerprint density at radius 3 is 2.16 bits per heavy atom. The van der Waals surface area contributed by atoms with E-state index in [-0.39, 0.29) is 60.0 Å². The molecule has 267 valence electrons. The standard InChI is InChI=1S/C30H32NO.C14H26O2.Ir/c1-18-8-9-22-21(12-18)15-23-27-26-20(10-11-31-27)13-19(16-29(2,3)4)14-25(26)32-28(23)24(22)17-30(5,6)7;1-6-11(7-2)12(15)10-13(16)14(5,8-3)9-4;/h8-14H,16-17H2,1-7H3;10-11,15H,6-9H2,1-5H3;/q-1;;/b;12-10-;/i11D;;. The van der Waals surface area contributed by atoms with E-state index >= 15 is 0 Å². The minimum Gasteiger partial charge on any atom is -0.512 e. The van der Waals surface area contributed by atoms with Crippen molar-refractivity contribution in [3.63, 3.8) is 0 Å². The molecule has 4 nitrogen and oxygen atoms in total. The average Bonchev–Trinajstić information content (AvgIpc) is 3.00. The molecule has 2 heterocycles. The van der Waals surface area contributed by atoms with Crippen LogP contribution >= 0.6 is 0 Å². The Labute approximate surface area is 310 Å². The first-order valence-corrected chi connectivity index (χ1v) is 17.9. The van der Waals surface area contributed by atoms with E-state index in [0.717, 1.165) is 77.4 Å². The molecule has 4 aromatic rings. The first-order chi connectivity index (χ1) is 22.8. The van der Waals surface area contributed by atoms with Gasteiger partial charge in [0.2, 0.25) is 0 Å². The summed E-state index contributed by atoms with van der Waals surface area (Å²) in [6.07, 6.45) is 6.93. The van der Waals surface area contributed by atoms with Gasteiger partial charge in [-0.2, -0.15) is 0 Å². The number of aliphatic hydroxyl groups excluding tert-OH is 1. The second-order valence-electron chi connectivity index (χ2n) is 16.4. The van der Waals surface area contributed by atoms with Crippen LogP contribution in [-0.2, 0) is 37.7 Å². The summed E-state index contributed by atoms with van der Waals surface area (Å²) in [7, 11) is 0. The SMILES string of the molecule is CCC(CC)/C(O)=C/C(=O)C(C)(CC)CC.[2H]c1cc2cc(CC(C)(C)C)cc3c2c(n1)-c1[c-]c2cc(C)ccc2c(CC(C)(C)C)c1O3.[Ir]. The molecule has 49 heavy (non-hydrogen) atoms. The topological polar surface area (TPSA) is 59.4 Å². The van der Waals surface area contributed by atoms with Crippen molar-refractivity contribution in [3.8, 4) is 22.8 Å². The fourth-order valence-electron chi connectivity index (χ4n) is 6.58. The zero-order valence-electron chi connectivity index (χ0n) is 32.9. The molecule has 0 fully saturated rings. The van der Waals surface area contributed by atoms with Gasteiger partial charge in [0.05, 0.1) is 12.9 Å². The van der Waals surface area contributed by atoms with Gasteiger partial charge in [-0.1, -0.05) is 116 Å². The molecule has 0 aliphatic carbocycles. The van der Waals surface area contributed by atoms with Gasteiger partial charge in [0.15, 0.2) is 5.78 Å². The summed E-state index contributed by atoms with van der Waals surface area (Å²) in [4.78, 5) is 16.7. The van der Waals surface area contributed by atoms with Crippen molar-refractivity contribution in [1.82, 2.24) is 4.98 Å². The van der Waals surface area contributed by atoms with Crippen molar-refractivity contribution in [2.24, 2.45) is 22.2 Å². The molecule has 0 atom stereocenters. The van der Waals surface area contributed by atoms with Crippen molar-refractivity contribution >= 4 is 27.3 Å². The van der Waals surface area contributed by atoms with E-state index in [2.05, 4.69) is 84.9 Å². The molecule has 1 aliphatic heterocycles. The molecular formula is C44H58IrNO3-. The summed E-state index contributed by atoms with van der Waals surface area (Å²) < 4.78 is 15.2. The number of benzene rings is 3. The molecule has 1 aliphatic rings. The van der Waals surface area contributed by atoms with Crippen LogP contribution in [0.15, 0.2) is 54.4 Å². The maximum Gasteiger partial charge on any atom is 0.164 e. The van der Waals surface area contributed by atoms with Crippen LogP contribution in [0.2, 0.25) is 0 Å². The molecule has 0 saturated carbocycles. The van der Waals surface area contributed by atoms with Gasteiger partial charge in [-0.25, -0.2) is 0 Å². The van der Waals surface area contributed by atoms with Gasteiger partial charge >= 0.3 is 0 Å². The Bertz CT molecular complexity index is 1870. The second kappa shape index (κ2) is 15.9. The van der Waals surface area contributed by atoms with Crippen molar-refractivity contribution in [1.29, 1.82) is 0 Å². The fourth-order valence-corrected chi connectivity index (χ4v) is 6.58. The monoisotopic (exact) mass is 842 g/mol. The minimum absolute atomic E-state index is 0. The average molecular weight is 842 g/mol. The zero-order chi connectivity index (χ0) is 36.5. The number of ether oxygens (including phenoxy) is 1. The van der Waals surface area contributed by atoms with Crippen molar-refractivity contribution in [2.75, 3.05) is 0 Å². The Balaban J connectivity index is 0.000000340. The minimum atomic E-state index is -0.319. The molecule has 5 heteroatoms. The summed E-state index contributed by atoms with van der Waals surface area (Å²) in [5, 5.41) is 14.1. The number of hydrogen-bond donors (Lipinski definition) is 1. The van der Waals surface area contributed by atoms with Crippen LogP contribution in [0, 0.1) is 35.2 Å². The van der Waals surface area contributed by atoms with Gasteiger partial charge in [0, 0.05) is 54.8 Å². The number of carbonyl (C=O) groups excluding carboxylic acids is 1. The molecule has 3 aromatic carbocycles. The third-order valence-corrected chi connectivity index (χ3v) is 9.82. The number of pyridine rings is 1. The van der Waals surface area contributed by atoms with Crippen LogP contribution in [-0.4, -0.2) is 15.9 Å². The van der Waals surface area contributed by atoms with E-state index in [1.165, 1.54) is 28.2 Å². The van der Waals surface area contributed by atoms with Crippen molar-refractivity contribution in [3.05, 3.63) is 77.2 Å². The maximum absolute atomic E-state index is 12.0. The number of fused-ring (bicyclic) bond motifs is 3. The van der Waals surface area contributed by atoms with Gasteiger partial charge in [-0.3, -0.25) is 9.78 Å². The number of aliphatic hydroxyl groups is 1. The normalized spacial score (nSPS) is 13.3. The van der Waals surface area contributed by atoms with Crippen molar-refractivity contribution in [2.45, 2.75) is 122 Å². The molecule has 0 amide bonds. The number of ketones is 1. The summed E-state index contributed by atoms with van der Waals surface area (Å²) >= 11 is 0. The molecule has 1 aromatic heterocycles. The van der Waals surface area contributed by atoms with Gasteiger partial charge in [0.25, 0.3) is 0 Å². The summed E-state index contributed by atoms with van der Waals surface area (Å²) in [6.45, 7) is 25.7. The molecule has 5 rings (SSSR count). The third-order valence-electron chi connectivity index (χ3n) is 9.82. The molecule has 1 N–H and O–H groups in total. The van der Waals surface area contributed by atoms with Crippen LogP contribution in [0.3, 0.4) is 0 Å². The number of rotatable bonds is 9. The van der Waals surface area contributed by atoms with Gasteiger partial charge in [-0.15, -0.1) is 17.5 Å². The molecular weight excluding hydrogens is 783 g/mol. The van der Waals surface area contributed by atoms with E-state index in [1.54, 1.807) is 0 Å². The largest absolute Gasteiger partial charge is 0.512 e. The zero-order valence-corrected chi connectivity index (χ0v) is 34.3. The predicted molar refractivity (Wildman–Crippen MR) is 203 cm³/mol. The van der Waals surface area contributed by atoms with E-state index in [9.17, 15) is 9.90 Å². The number of hydrogen-bond acceptors (Lipinski definition) is 4. The van der Waals surface area contributed by atoms with E-state index in [4.69, 9.17) is 11.1 Å². The van der Waals surface area contributed by atoms with Crippen LogP contribution in [0.1, 0.15) is 120 Å². The second-order valence-corrected chi connectivity index (χ2v) is 16.4. The predicted octanol–water partition coefficient (Wildman–Crippen LogP) is 12.7. The number of nitrogens with zero attached hydrogens (tertiary/aromatic N) is 1. The van der Waals surface area contributed by atoms with E-state index < -0.39 is 0 Å². The van der Waals surface area contributed by atoms with E-state index in [0.29, 0.717) is 0 Å². The van der Waals surface area contributed by atoms with Crippen molar-refractivity contribution < 1.29 is 36.1 Å². The summed E-state index contributed by atoms with van der Waals surface area (Å²) in [5.74, 6) is 2.13. The van der Waals surface area contributed by atoms with Gasteiger partial charge in [-0.05, 0) is 79.4 Å². The number of aromatic nitrogens is 1. The number of allylic oxidation sites excluding steroid dienone is 2. The molecule has 0 spiro atoms.